The molecule has 1 aliphatic heterocycles. The van der Waals surface area contributed by atoms with Crippen LogP contribution in [0.25, 0.3) is 0 Å². The predicted molar refractivity (Wildman–Crippen MR) is 59.7 cm³/mol. The summed E-state index contributed by atoms with van der Waals surface area (Å²) >= 11 is 0. The van der Waals surface area contributed by atoms with Crippen molar-refractivity contribution in [2.45, 2.75) is 51.4 Å². The first-order valence-corrected chi connectivity index (χ1v) is 6.46. The van der Waals surface area contributed by atoms with Gasteiger partial charge in [0.15, 0.2) is 0 Å². The molecule has 2 unspecified atom stereocenters. The van der Waals surface area contributed by atoms with Crippen molar-refractivity contribution in [3.63, 3.8) is 0 Å². The Morgan fingerprint density at radius 3 is 2.87 bits per heavy atom. The molecule has 2 aliphatic rings. The van der Waals surface area contributed by atoms with Crippen LogP contribution >= 0.6 is 0 Å². The second-order valence-corrected chi connectivity index (χ2v) is 5.07. The van der Waals surface area contributed by atoms with Crippen molar-refractivity contribution in [3.8, 4) is 0 Å². The van der Waals surface area contributed by atoms with Gasteiger partial charge in [-0.3, -0.25) is 4.79 Å². The van der Waals surface area contributed by atoms with Crippen LogP contribution in [0.15, 0.2) is 0 Å². The van der Waals surface area contributed by atoms with Crippen molar-refractivity contribution < 1.29 is 9.53 Å². The van der Waals surface area contributed by atoms with E-state index in [-0.39, 0.29) is 0 Å². The smallest absolute Gasteiger partial charge is 0.135 e. The molecule has 0 aromatic carbocycles. The molecule has 2 atom stereocenters. The molecule has 1 aliphatic carbocycles. The van der Waals surface area contributed by atoms with Crippen LogP contribution in [0.4, 0.5) is 0 Å². The zero-order valence-electron chi connectivity index (χ0n) is 9.54. The minimum atomic E-state index is 0.382. The lowest BCUT2D eigenvalue weighted by atomic mass is 9.89. The lowest BCUT2D eigenvalue weighted by Gasteiger charge is -2.14. The van der Waals surface area contributed by atoms with Gasteiger partial charge in [-0.05, 0) is 38.0 Å². The van der Waals surface area contributed by atoms with Crippen molar-refractivity contribution in [2.75, 3.05) is 13.2 Å². The zero-order chi connectivity index (χ0) is 10.5. The minimum absolute atomic E-state index is 0.382. The summed E-state index contributed by atoms with van der Waals surface area (Å²) in [5, 5.41) is 0. The fourth-order valence-corrected chi connectivity index (χ4v) is 2.79. The van der Waals surface area contributed by atoms with Crippen LogP contribution in [0.5, 0.6) is 0 Å². The Morgan fingerprint density at radius 1 is 1.13 bits per heavy atom. The summed E-state index contributed by atoms with van der Waals surface area (Å²) < 4.78 is 5.36. The first kappa shape index (κ1) is 11.1. The van der Waals surface area contributed by atoms with Crippen molar-refractivity contribution in [2.24, 2.45) is 11.8 Å². The molecule has 0 radical (unpaired) electrons. The molecule has 86 valence electrons. The highest BCUT2D eigenvalue weighted by Gasteiger charge is 2.23. The number of ketones is 1. The molecule has 0 aromatic rings. The Labute approximate surface area is 92.4 Å². The molecular weight excluding hydrogens is 188 g/mol. The highest BCUT2D eigenvalue weighted by atomic mass is 16.5. The number of hydrogen-bond donors (Lipinski definition) is 0. The minimum Gasteiger partial charge on any atom is -0.381 e. The molecular formula is C13H22O2. The molecule has 0 amide bonds. The van der Waals surface area contributed by atoms with Crippen LogP contribution < -0.4 is 0 Å². The molecule has 1 saturated carbocycles. The van der Waals surface area contributed by atoms with E-state index < -0.39 is 0 Å². The molecule has 2 nitrogen and oxygen atoms in total. The van der Waals surface area contributed by atoms with Crippen LogP contribution in [-0.2, 0) is 9.53 Å². The number of hydrogen-bond acceptors (Lipinski definition) is 2. The van der Waals surface area contributed by atoms with E-state index in [1.54, 1.807) is 0 Å². The monoisotopic (exact) mass is 210 g/mol. The van der Waals surface area contributed by atoms with Crippen LogP contribution in [0, 0.1) is 11.8 Å². The average molecular weight is 210 g/mol. The van der Waals surface area contributed by atoms with Crippen molar-refractivity contribution in [3.05, 3.63) is 0 Å². The van der Waals surface area contributed by atoms with E-state index in [0.717, 1.165) is 44.8 Å². The van der Waals surface area contributed by atoms with Crippen LogP contribution in [0.3, 0.4) is 0 Å². The highest BCUT2D eigenvalue weighted by Crippen LogP contribution is 2.27. The van der Waals surface area contributed by atoms with E-state index in [2.05, 4.69) is 0 Å². The summed E-state index contributed by atoms with van der Waals surface area (Å²) in [6.07, 6.45) is 9.16. The fraction of sp³-hybridized carbons (Fsp3) is 0.923. The Bertz CT molecular complexity index is 207. The molecule has 0 spiro atoms. The van der Waals surface area contributed by atoms with Crippen molar-refractivity contribution in [1.29, 1.82) is 0 Å². The van der Waals surface area contributed by atoms with Gasteiger partial charge < -0.3 is 4.74 Å². The quantitative estimate of drug-likeness (QED) is 0.669. The predicted octanol–water partition coefficient (Wildman–Crippen LogP) is 2.95. The molecule has 1 saturated heterocycles. The summed E-state index contributed by atoms with van der Waals surface area (Å²) in [5.74, 6) is 1.65. The van der Waals surface area contributed by atoms with Crippen LogP contribution in [0.2, 0.25) is 0 Å². The summed E-state index contributed by atoms with van der Waals surface area (Å²) in [5.41, 5.74) is 0. The molecule has 2 rings (SSSR count). The largest absolute Gasteiger partial charge is 0.381 e. The SMILES string of the molecule is O=C1CCCCCC1CCC1CCOC1. The zero-order valence-corrected chi connectivity index (χ0v) is 9.54. The third kappa shape index (κ3) is 3.30. The van der Waals surface area contributed by atoms with Gasteiger partial charge in [0.2, 0.25) is 0 Å². The van der Waals surface area contributed by atoms with E-state index in [1.807, 2.05) is 0 Å². The van der Waals surface area contributed by atoms with E-state index in [9.17, 15) is 4.79 Å². The summed E-state index contributed by atoms with van der Waals surface area (Å²) in [7, 11) is 0. The van der Waals surface area contributed by atoms with Gasteiger partial charge in [-0.15, -0.1) is 0 Å². The van der Waals surface area contributed by atoms with Crippen LogP contribution in [0.1, 0.15) is 51.4 Å². The third-order valence-electron chi connectivity index (χ3n) is 3.88. The molecule has 15 heavy (non-hydrogen) atoms. The maximum atomic E-state index is 11.8. The summed E-state index contributed by atoms with van der Waals surface area (Å²) in [6, 6.07) is 0. The van der Waals surface area contributed by atoms with Gasteiger partial charge in [-0.25, -0.2) is 0 Å². The van der Waals surface area contributed by atoms with Gasteiger partial charge in [0, 0.05) is 25.6 Å². The van der Waals surface area contributed by atoms with E-state index in [0.29, 0.717) is 11.7 Å². The first-order chi connectivity index (χ1) is 7.36. The number of ether oxygens (including phenoxy) is 1. The molecule has 1 heterocycles. The molecule has 0 bridgehead atoms. The second-order valence-electron chi connectivity index (χ2n) is 5.07. The summed E-state index contributed by atoms with van der Waals surface area (Å²) in [4.78, 5) is 11.8. The van der Waals surface area contributed by atoms with Gasteiger partial charge in [-0.2, -0.15) is 0 Å². The van der Waals surface area contributed by atoms with E-state index in [1.165, 1.54) is 25.7 Å². The van der Waals surface area contributed by atoms with Crippen molar-refractivity contribution >= 4 is 5.78 Å². The topological polar surface area (TPSA) is 26.3 Å². The summed E-state index contributed by atoms with van der Waals surface area (Å²) in [6.45, 7) is 1.87. The van der Waals surface area contributed by atoms with Gasteiger partial charge in [-0.1, -0.05) is 12.8 Å². The maximum absolute atomic E-state index is 11.8. The van der Waals surface area contributed by atoms with E-state index in [4.69, 9.17) is 4.74 Å². The normalized spacial score (nSPS) is 32.9. The van der Waals surface area contributed by atoms with Crippen LogP contribution in [-0.4, -0.2) is 19.0 Å². The Kier molecular flexibility index (Phi) is 4.18. The fourth-order valence-electron chi connectivity index (χ4n) is 2.79. The van der Waals surface area contributed by atoms with Crippen molar-refractivity contribution in [1.82, 2.24) is 0 Å². The average Bonchev–Trinajstić information content (AvgIpc) is 2.67. The lowest BCUT2D eigenvalue weighted by Crippen LogP contribution is -2.14. The molecule has 0 N–H and O–H groups in total. The molecule has 2 fully saturated rings. The van der Waals surface area contributed by atoms with Gasteiger partial charge in [0.25, 0.3) is 0 Å². The van der Waals surface area contributed by atoms with Gasteiger partial charge in [0.1, 0.15) is 5.78 Å². The Morgan fingerprint density at radius 2 is 2.07 bits per heavy atom. The number of carbonyl (C=O) groups is 1. The standard InChI is InChI=1S/C13H22O2/c14-13-5-3-1-2-4-12(13)7-6-11-8-9-15-10-11/h11-12H,1-10H2. The third-order valence-corrected chi connectivity index (χ3v) is 3.88. The lowest BCUT2D eigenvalue weighted by molar-refractivity contribution is -0.123. The molecule has 0 aromatic heterocycles. The first-order valence-electron chi connectivity index (χ1n) is 6.46. The Balaban J connectivity index is 1.73. The Hall–Kier alpha value is -0.370. The highest BCUT2D eigenvalue weighted by molar-refractivity contribution is 5.81. The number of rotatable bonds is 3. The van der Waals surface area contributed by atoms with Gasteiger partial charge >= 0.3 is 0 Å². The number of carbonyl (C=O) groups excluding carboxylic acids is 1. The second kappa shape index (κ2) is 5.64. The number of Topliss-reactive ketones (excluding diaryl/α,β-unsaturated/α-hetero) is 1. The molecule has 2 heteroatoms. The van der Waals surface area contributed by atoms with Gasteiger partial charge in [0.05, 0.1) is 0 Å². The maximum Gasteiger partial charge on any atom is 0.135 e. The van der Waals surface area contributed by atoms with E-state index >= 15 is 0 Å².